The third kappa shape index (κ3) is 4.46. The van der Waals surface area contributed by atoms with Crippen LogP contribution in [-0.4, -0.2) is 52.6 Å². The van der Waals surface area contributed by atoms with E-state index in [2.05, 4.69) is 26.9 Å². The molecule has 1 aliphatic rings. The SMILES string of the molecule is CNc1cc2c(NC(C)c3cccc(C#N)c3C)nnc(C)c2cc1C(=O)N1CCSCC1. The molecule has 1 fully saturated rings. The van der Waals surface area contributed by atoms with E-state index in [0.29, 0.717) is 16.9 Å². The van der Waals surface area contributed by atoms with Gasteiger partial charge in [0, 0.05) is 48.1 Å². The van der Waals surface area contributed by atoms with Crippen molar-refractivity contribution in [1.82, 2.24) is 15.1 Å². The van der Waals surface area contributed by atoms with Crippen LogP contribution >= 0.6 is 11.8 Å². The highest BCUT2D eigenvalue weighted by Gasteiger charge is 2.23. The third-order valence-corrected chi connectivity index (χ3v) is 7.16. The Balaban J connectivity index is 1.74. The molecule has 0 radical (unpaired) electrons. The van der Waals surface area contributed by atoms with Crippen molar-refractivity contribution in [2.45, 2.75) is 26.8 Å². The number of carbonyl (C=O) groups is 1. The highest BCUT2D eigenvalue weighted by Crippen LogP contribution is 2.33. The van der Waals surface area contributed by atoms with Crippen LogP contribution in [0.5, 0.6) is 0 Å². The Hall–Kier alpha value is -3.31. The third-order valence-electron chi connectivity index (χ3n) is 6.22. The van der Waals surface area contributed by atoms with Crippen molar-refractivity contribution >= 4 is 39.9 Å². The van der Waals surface area contributed by atoms with Crippen LogP contribution in [0.15, 0.2) is 30.3 Å². The largest absolute Gasteiger partial charge is 0.387 e. The van der Waals surface area contributed by atoms with E-state index in [1.54, 1.807) is 0 Å². The van der Waals surface area contributed by atoms with Gasteiger partial charge in [-0.05, 0) is 50.1 Å². The van der Waals surface area contributed by atoms with Crippen LogP contribution in [0.4, 0.5) is 11.5 Å². The molecule has 1 unspecified atom stereocenters. The molecule has 3 aromatic rings. The first-order chi connectivity index (χ1) is 15.9. The van der Waals surface area contributed by atoms with Gasteiger partial charge in [-0.25, -0.2) is 0 Å². The van der Waals surface area contributed by atoms with E-state index in [1.807, 2.05) is 74.8 Å². The quantitative estimate of drug-likeness (QED) is 0.578. The molecule has 1 saturated heterocycles. The highest BCUT2D eigenvalue weighted by atomic mass is 32.2. The number of anilines is 2. The fourth-order valence-corrected chi connectivity index (χ4v) is 5.18. The van der Waals surface area contributed by atoms with Gasteiger partial charge in [-0.3, -0.25) is 4.79 Å². The van der Waals surface area contributed by atoms with Crippen molar-refractivity contribution in [2.75, 3.05) is 42.3 Å². The van der Waals surface area contributed by atoms with Gasteiger partial charge in [0.2, 0.25) is 0 Å². The first-order valence-corrected chi connectivity index (χ1v) is 12.2. The van der Waals surface area contributed by atoms with Gasteiger partial charge < -0.3 is 15.5 Å². The number of aromatic nitrogens is 2. The first-order valence-electron chi connectivity index (χ1n) is 11.1. The maximum atomic E-state index is 13.3. The number of thioether (sulfide) groups is 1. The minimum atomic E-state index is -0.0799. The fraction of sp³-hybridized carbons (Fsp3) is 0.360. The average Bonchev–Trinajstić information content (AvgIpc) is 2.85. The molecule has 4 rings (SSSR count). The summed E-state index contributed by atoms with van der Waals surface area (Å²) in [5.41, 5.74) is 4.86. The number of nitrogens with zero attached hydrogens (tertiary/aromatic N) is 4. The van der Waals surface area contributed by atoms with E-state index in [9.17, 15) is 10.1 Å². The maximum Gasteiger partial charge on any atom is 0.256 e. The molecule has 33 heavy (non-hydrogen) atoms. The number of aryl methyl sites for hydroxylation is 1. The number of amides is 1. The van der Waals surface area contributed by atoms with Gasteiger partial charge >= 0.3 is 0 Å². The monoisotopic (exact) mass is 460 g/mol. The standard InChI is InChI=1S/C25H28N6OS/c1-15-18(14-26)6-5-7-19(15)16(2)28-24-21-13-23(27-4)22(12-20(21)17(3)29-30-24)25(32)31-8-10-33-11-9-31/h5-7,12-13,16,27H,8-11H2,1-4H3,(H,28,30). The zero-order chi connectivity index (χ0) is 23.5. The van der Waals surface area contributed by atoms with Gasteiger partial charge in [0.05, 0.1) is 28.9 Å². The van der Waals surface area contributed by atoms with Crippen LogP contribution in [0.2, 0.25) is 0 Å². The Bertz CT molecular complexity index is 1250. The molecule has 170 valence electrons. The molecule has 2 aromatic carbocycles. The summed E-state index contributed by atoms with van der Waals surface area (Å²) in [4.78, 5) is 15.2. The lowest BCUT2D eigenvalue weighted by atomic mass is 9.98. The zero-order valence-corrected chi connectivity index (χ0v) is 20.2. The van der Waals surface area contributed by atoms with Gasteiger partial charge in [0.15, 0.2) is 5.82 Å². The zero-order valence-electron chi connectivity index (χ0n) is 19.4. The van der Waals surface area contributed by atoms with Crippen molar-refractivity contribution in [3.05, 3.63) is 58.3 Å². The molecule has 1 amide bonds. The number of nitriles is 1. The molecule has 0 spiro atoms. The van der Waals surface area contributed by atoms with Crippen molar-refractivity contribution in [3.63, 3.8) is 0 Å². The van der Waals surface area contributed by atoms with Crippen molar-refractivity contribution in [1.29, 1.82) is 5.26 Å². The number of benzene rings is 2. The summed E-state index contributed by atoms with van der Waals surface area (Å²) >= 11 is 1.88. The Morgan fingerprint density at radius 1 is 1.18 bits per heavy atom. The Kier molecular flexibility index (Phi) is 6.70. The number of carbonyl (C=O) groups excluding carboxylic acids is 1. The summed E-state index contributed by atoms with van der Waals surface area (Å²) in [6.07, 6.45) is 0. The Morgan fingerprint density at radius 3 is 2.64 bits per heavy atom. The summed E-state index contributed by atoms with van der Waals surface area (Å²) in [5, 5.41) is 26.6. The first kappa shape index (κ1) is 22.9. The predicted octanol–water partition coefficient (Wildman–Crippen LogP) is 4.52. The number of rotatable bonds is 5. The minimum absolute atomic E-state index is 0.0459. The molecule has 1 atom stereocenters. The van der Waals surface area contributed by atoms with E-state index in [1.165, 1.54) is 0 Å². The van der Waals surface area contributed by atoms with Crippen LogP contribution in [0.1, 0.15) is 45.7 Å². The number of nitrogens with one attached hydrogen (secondary N) is 2. The van der Waals surface area contributed by atoms with Crippen LogP contribution in [-0.2, 0) is 0 Å². The van der Waals surface area contributed by atoms with Gasteiger partial charge in [-0.1, -0.05) is 12.1 Å². The summed E-state index contributed by atoms with van der Waals surface area (Å²) < 4.78 is 0. The van der Waals surface area contributed by atoms with Gasteiger partial charge in [0.1, 0.15) is 0 Å². The second-order valence-corrected chi connectivity index (χ2v) is 9.45. The van der Waals surface area contributed by atoms with Crippen LogP contribution < -0.4 is 10.6 Å². The molecular formula is C25H28N6OS. The molecule has 8 heteroatoms. The highest BCUT2D eigenvalue weighted by molar-refractivity contribution is 7.99. The molecule has 0 aliphatic carbocycles. The van der Waals surface area contributed by atoms with Crippen LogP contribution in [0, 0.1) is 25.2 Å². The molecule has 2 heterocycles. The lowest BCUT2D eigenvalue weighted by molar-refractivity contribution is 0.0773. The summed E-state index contributed by atoms with van der Waals surface area (Å²) in [6, 6.07) is 11.8. The van der Waals surface area contributed by atoms with E-state index in [-0.39, 0.29) is 11.9 Å². The van der Waals surface area contributed by atoms with Crippen molar-refractivity contribution < 1.29 is 4.79 Å². The van der Waals surface area contributed by atoms with Crippen molar-refractivity contribution in [2.24, 2.45) is 0 Å². The number of hydrogen-bond donors (Lipinski definition) is 2. The topological polar surface area (TPSA) is 93.9 Å². The minimum Gasteiger partial charge on any atom is -0.387 e. The molecule has 0 saturated carbocycles. The van der Waals surface area contributed by atoms with E-state index in [4.69, 9.17) is 0 Å². The van der Waals surface area contributed by atoms with Gasteiger partial charge in [0.25, 0.3) is 5.91 Å². The Labute approximate surface area is 198 Å². The lowest BCUT2D eigenvalue weighted by Crippen LogP contribution is -2.38. The average molecular weight is 461 g/mol. The molecule has 0 bridgehead atoms. The van der Waals surface area contributed by atoms with Crippen molar-refractivity contribution in [3.8, 4) is 6.07 Å². The second-order valence-electron chi connectivity index (χ2n) is 8.23. The van der Waals surface area contributed by atoms with Gasteiger partial charge in [-0.2, -0.15) is 22.1 Å². The second kappa shape index (κ2) is 9.67. The number of hydrogen-bond acceptors (Lipinski definition) is 7. The predicted molar refractivity (Wildman–Crippen MR) is 135 cm³/mol. The lowest BCUT2D eigenvalue weighted by Gasteiger charge is -2.27. The molecule has 1 aliphatic heterocycles. The Morgan fingerprint density at radius 2 is 1.94 bits per heavy atom. The smallest absolute Gasteiger partial charge is 0.256 e. The summed E-state index contributed by atoms with van der Waals surface area (Å²) in [5.74, 6) is 2.63. The fourth-order valence-electron chi connectivity index (χ4n) is 4.28. The van der Waals surface area contributed by atoms with Gasteiger partial charge in [-0.15, -0.1) is 5.10 Å². The molecule has 1 aromatic heterocycles. The summed E-state index contributed by atoms with van der Waals surface area (Å²) in [6.45, 7) is 7.45. The maximum absolute atomic E-state index is 13.3. The molecular weight excluding hydrogens is 432 g/mol. The van der Waals surface area contributed by atoms with Crippen LogP contribution in [0.3, 0.4) is 0 Å². The molecule has 2 N–H and O–H groups in total. The van der Waals surface area contributed by atoms with E-state index >= 15 is 0 Å². The summed E-state index contributed by atoms with van der Waals surface area (Å²) in [7, 11) is 1.83. The van der Waals surface area contributed by atoms with E-state index in [0.717, 1.165) is 57.9 Å². The number of fused-ring (bicyclic) bond motifs is 1. The van der Waals surface area contributed by atoms with Crippen LogP contribution in [0.25, 0.3) is 10.8 Å². The normalized spacial score (nSPS) is 14.6. The van der Waals surface area contributed by atoms with E-state index < -0.39 is 0 Å². The molecule has 7 nitrogen and oxygen atoms in total.